The Kier molecular flexibility index (Phi) is 6.45. The van der Waals surface area contributed by atoms with Gasteiger partial charge in [0.2, 0.25) is 21.8 Å². The van der Waals surface area contributed by atoms with E-state index in [4.69, 9.17) is 4.74 Å². The number of nitrogens with one attached hydrogen (secondary N) is 1. The zero-order valence-corrected chi connectivity index (χ0v) is 19.7. The van der Waals surface area contributed by atoms with Crippen molar-refractivity contribution in [2.24, 2.45) is 0 Å². The Labute approximate surface area is 194 Å². The monoisotopic (exact) mass is 471 g/mol. The maximum Gasteiger partial charge on any atom is 0.247 e. The molecule has 1 aliphatic heterocycles. The molecule has 2 fully saturated rings. The van der Waals surface area contributed by atoms with Crippen molar-refractivity contribution < 1.29 is 22.7 Å². The molecule has 2 aromatic carbocycles. The average Bonchev–Trinajstić information content (AvgIpc) is 3.32. The molecule has 1 saturated carbocycles. The van der Waals surface area contributed by atoms with E-state index in [0.717, 1.165) is 30.0 Å². The first-order chi connectivity index (χ1) is 15.8. The Hall–Kier alpha value is -2.91. The second kappa shape index (κ2) is 9.15. The number of benzene rings is 2. The van der Waals surface area contributed by atoms with Gasteiger partial charge >= 0.3 is 0 Å². The molecule has 1 aliphatic carbocycles. The Bertz CT molecular complexity index is 1130. The van der Waals surface area contributed by atoms with E-state index >= 15 is 0 Å². The third-order valence-corrected chi connectivity index (χ3v) is 8.22. The van der Waals surface area contributed by atoms with Crippen molar-refractivity contribution in [1.82, 2.24) is 9.62 Å². The summed E-state index contributed by atoms with van der Waals surface area (Å²) < 4.78 is 33.1. The van der Waals surface area contributed by atoms with Crippen LogP contribution in [0.25, 0.3) is 0 Å². The fourth-order valence-electron chi connectivity index (χ4n) is 4.64. The second-order valence-corrected chi connectivity index (χ2v) is 10.7. The molecule has 1 heterocycles. The fraction of sp³-hybridized carbons (Fsp3) is 0.417. The zero-order chi connectivity index (χ0) is 23.6. The van der Waals surface area contributed by atoms with Crippen LogP contribution in [0.15, 0.2) is 59.5 Å². The van der Waals surface area contributed by atoms with Crippen LogP contribution in [0.5, 0.6) is 5.75 Å². The van der Waals surface area contributed by atoms with Gasteiger partial charge in [0.25, 0.3) is 0 Å². The number of piperazine rings is 1. The third-order valence-electron chi connectivity index (χ3n) is 6.41. The summed E-state index contributed by atoms with van der Waals surface area (Å²) in [5.74, 6) is -0.296. The van der Waals surface area contributed by atoms with Crippen LogP contribution in [0, 0.1) is 0 Å². The van der Waals surface area contributed by atoms with Gasteiger partial charge in [-0.05, 0) is 44.0 Å². The van der Waals surface area contributed by atoms with Gasteiger partial charge < -0.3 is 10.1 Å². The molecule has 0 radical (unpaired) electrons. The number of amides is 2. The molecule has 1 saturated heterocycles. The Morgan fingerprint density at radius 2 is 1.79 bits per heavy atom. The van der Waals surface area contributed by atoms with Gasteiger partial charge in [-0.3, -0.25) is 14.5 Å². The lowest BCUT2D eigenvalue weighted by atomic mass is 9.94. The van der Waals surface area contributed by atoms with Gasteiger partial charge in [-0.25, -0.2) is 8.42 Å². The Balaban J connectivity index is 1.74. The molecule has 2 aliphatic rings. The summed E-state index contributed by atoms with van der Waals surface area (Å²) in [6.45, 7) is 1.10. The molecule has 33 heavy (non-hydrogen) atoms. The summed E-state index contributed by atoms with van der Waals surface area (Å²) >= 11 is 0. The van der Waals surface area contributed by atoms with Crippen LogP contribution in [0.3, 0.4) is 0 Å². The first-order valence-electron chi connectivity index (χ1n) is 11.1. The van der Waals surface area contributed by atoms with Crippen molar-refractivity contribution in [2.45, 2.75) is 49.1 Å². The number of methoxy groups -OCH3 is 1. The number of anilines is 1. The van der Waals surface area contributed by atoms with E-state index in [0.29, 0.717) is 11.4 Å². The highest BCUT2D eigenvalue weighted by atomic mass is 32.2. The largest absolute Gasteiger partial charge is 0.497 e. The number of hydrogen-bond acceptors (Lipinski definition) is 5. The van der Waals surface area contributed by atoms with Crippen LogP contribution in [0.2, 0.25) is 0 Å². The summed E-state index contributed by atoms with van der Waals surface area (Å²) in [7, 11) is -2.44. The summed E-state index contributed by atoms with van der Waals surface area (Å²) in [4.78, 5) is 28.6. The highest BCUT2D eigenvalue weighted by Gasteiger charge is 2.51. The number of carbonyl (C=O) groups is 2. The van der Waals surface area contributed by atoms with Crippen LogP contribution < -0.4 is 15.0 Å². The van der Waals surface area contributed by atoms with Crippen LogP contribution in [0.1, 0.15) is 32.6 Å². The minimum atomic E-state index is -3.96. The molecule has 0 unspecified atom stereocenters. The molecule has 9 heteroatoms. The number of sulfonamides is 1. The average molecular weight is 472 g/mol. The molecule has 1 N–H and O–H groups in total. The summed E-state index contributed by atoms with van der Waals surface area (Å²) in [6, 6.07) is 14.9. The smallest absolute Gasteiger partial charge is 0.247 e. The van der Waals surface area contributed by atoms with E-state index in [2.05, 4.69) is 5.32 Å². The number of hydrogen-bond donors (Lipinski definition) is 1. The van der Waals surface area contributed by atoms with Crippen LogP contribution in [-0.2, 0) is 19.6 Å². The highest BCUT2D eigenvalue weighted by Crippen LogP contribution is 2.34. The number of rotatable bonds is 6. The van der Waals surface area contributed by atoms with E-state index in [1.807, 2.05) is 0 Å². The maximum absolute atomic E-state index is 13.6. The molecule has 176 valence electrons. The first-order valence-corrected chi connectivity index (χ1v) is 12.5. The quantitative estimate of drug-likeness (QED) is 0.699. The van der Waals surface area contributed by atoms with E-state index in [9.17, 15) is 18.0 Å². The fourth-order valence-corrected chi connectivity index (χ4v) is 6.14. The number of carbonyl (C=O) groups excluding carboxylic acids is 2. The van der Waals surface area contributed by atoms with Crippen LogP contribution in [-0.4, -0.2) is 56.3 Å². The van der Waals surface area contributed by atoms with Crippen molar-refractivity contribution in [3.05, 3.63) is 54.6 Å². The zero-order valence-electron chi connectivity index (χ0n) is 18.9. The summed E-state index contributed by atoms with van der Waals surface area (Å²) in [6.07, 6.45) is 3.82. The number of nitrogens with zero attached hydrogens (tertiary/aromatic N) is 2. The van der Waals surface area contributed by atoms with E-state index in [-0.39, 0.29) is 29.9 Å². The van der Waals surface area contributed by atoms with E-state index in [1.54, 1.807) is 49.4 Å². The maximum atomic E-state index is 13.6. The van der Waals surface area contributed by atoms with Gasteiger partial charge in [0.15, 0.2) is 0 Å². The molecule has 1 atom stereocenters. The first kappa shape index (κ1) is 23.3. The lowest BCUT2D eigenvalue weighted by molar-refractivity contribution is -0.133. The van der Waals surface area contributed by atoms with Gasteiger partial charge in [-0.2, -0.15) is 4.31 Å². The molecule has 0 aromatic heterocycles. The van der Waals surface area contributed by atoms with Crippen molar-refractivity contribution in [3.63, 3.8) is 0 Å². The predicted octanol–water partition coefficient (Wildman–Crippen LogP) is 2.55. The molecule has 0 spiro atoms. The van der Waals surface area contributed by atoms with Gasteiger partial charge in [0.05, 0.1) is 18.6 Å². The SMILES string of the molecule is COc1cccc(N2C(=O)CN(S(=O)(=O)c3ccccc3)C[C@@]2(C)C(=O)NC2CCCC2)c1. The third kappa shape index (κ3) is 4.47. The molecule has 2 aromatic rings. The van der Waals surface area contributed by atoms with Gasteiger partial charge in [-0.15, -0.1) is 0 Å². The van der Waals surface area contributed by atoms with Gasteiger partial charge in [0.1, 0.15) is 11.3 Å². The Morgan fingerprint density at radius 1 is 1.09 bits per heavy atom. The lowest BCUT2D eigenvalue weighted by Crippen LogP contribution is -2.70. The van der Waals surface area contributed by atoms with Crippen LogP contribution >= 0.6 is 0 Å². The van der Waals surface area contributed by atoms with E-state index < -0.39 is 21.5 Å². The summed E-state index contributed by atoms with van der Waals surface area (Å²) in [5.41, 5.74) is -0.952. The number of ether oxygens (including phenoxy) is 1. The van der Waals surface area contributed by atoms with Crippen molar-refractivity contribution in [1.29, 1.82) is 0 Å². The molecule has 0 bridgehead atoms. The summed E-state index contributed by atoms with van der Waals surface area (Å²) in [5, 5.41) is 3.06. The van der Waals surface area contributed by atoms with Crippen LogP contribution in [0.4, 0.5) is 5.69 Å². The highest BCUT2D eigenvalue weighted by molar-refractivity contribution is 7.89. The Morgan fingerprint density at radius 3 is 2.45 bits per heavy atom. The predicted molar refractivity (Wildman–Crippen MR) is 124 cm³/mol. The molecule has 4 rings (SSSR count). The second-order valence-electron chi connectivity index (χ2n) is 8.75. The van der Waals surface area contributed by atoms with Crippen molar-refractivity contribution in [2.75, 3.05) is 25.1 Å². The topological polar surface area (TPSA) is 96.0 Å². The minimum Gasteiger partial charge on any atom is -0.497 e. The van der Waals surface area contributed by atoms with Gasteiger partial charge in [-0.1, -0.05) is 37.1 Å². The standard InChI is InChI=1S/C24H29N3O5S/c1-24(23(29)25-18-9-6-7-10-18)17-26(33(30,31)21-13-4-3-5-14-21)16-22(28)27(24)19-11-8-12-20(15-19)32-2/h3-5,8,11-15,18H,6-7,9-10,16-17H2,1-2H3,(H,25,29)/t24-/m0/s1. The molecule has 8 nitrogen and oxygen atoms in total. The normalized spacial score (nSPS) is 22.4. The van der Waals surface area contributed by atoms with Gasteiger partial charge in [0, 0.05) is 24.3 Å². The van der Waals surface area contributed by atoms with E-state index in [1.165, 1.54) is 24.1 Å². The van der Waals surface area contributed by atoms with Crippen molar-refractivity contribution >= 4 is 27.5 Å². The molecule has 2 amide bonds. The molecular formula is C24H29N3O5S. The lowest BCUT2D eigenvalue weighted by Gasteiger charge is -2.47. The minimum absolute atomic E-state index is 0.0256. The van der Waals surface area contributed by atoms with Crippen molar-refractivity contribution in [3.8, 4) is 5.75 Å². The molecular weight excluding hydrogens is 442 g/mol.